The van der Waals surface area contributed by atoms with E-state index >= 15 is 0 Å². The highest BCUT2D eigenvalue weighted by Crippen LogP contribution is 2.32. The van der Waals surface area contributed by atoms with E-state index in [0.29, 0.717) is 22.6 Å². The molecule has 0 spiro atoms. The molecule has 0 unspecified atom stereocenters. The molecule has 0 saturated heterocycles. The van der Waals surface area contributed by atoms with Crippen molar-refractivity contribution in [2.24, 2.45) is 0 Å². The molecule has 0 saturated carbocycles. The first kappa shape index (κ1) is 21.8. The van der Waals surface area contributed by atoms with Gasteiger partial charge in [-0.1, -0.05) is 18.2 Å². The minimum Gasteiger partial charge on any atom is -0.493 e. The fourth-order valence-corrected chi connectivity index (χ4v) is 3.22. The number of rotatable bonds is 6. The van der Waals surface area contributed by atoms with Gasteiger partial charge in [0.1, 0.15) is 24.1 Å². The van der Waals surface area contributed by atoms with Crippen LogP contribution in [0.3, 0.4) is 0 Å². The molecule has 1 aliphatic rings. The Labute approximate surface area is 179 Å². The summed E-state index contributed by atoms with van der Waals surface area (Å²) in [5.41, 5.74) is 2.03. The fourth-order valence-electron chi connectivity index (χ4n) is 3.22. The third-order valence-electron chi connectivity index (χ3n) is 4.95. The zero-order valence-electron chi connectivity index (χ0n) is 17.4. The van der Waals surface area contributed by atoms with Crippen LogP contribution in [0.4, 0.5) is 4.39 Å². The molecule has 6 nitrogen and oxygen atoms in total. The van der Waals surface area contributed by atoms with Crippen molar-refractivity contribution >= 4 is 17.9 Å². The molecule has 0 radical (unpaired) electrons. The van der Waals surface area contributed by atoms with Crippen molar-refractivity contribution < 1.29 is 23.5 Å². The molecule has 3 rings (SSSR count). The van der Waals surface area contributed by atoms with Gasteiger partial charge >= 0.3 is 0 Å². The number of carbonyl (C=O) groups is 2. The number of ether oxygens (including phenoxy) is 2. The van der Waals surface area contributed by atoms with Gasteiger partial charge in [0.25, 0.3) is 11.8 Å². The van der Waals surface area contributed by atoms with E-state index in [1.807, 2.05) is 6.07 Å². The van der Waals surface area contributed by atoms with Crippen molar-refractivity contribution in [2.75, 3.05) is 13.7 Å². The topological polar surface area (TPSA) is 79.6 Å². The smallest absolute Gasteiger partial charge is 0.271 e. The molecular formula is C24H21FN2O4. The van der Waals surface area contributed by atoms with Gasteiger partial charge in [-0.15, -0.1) is 0 Å². The fraction of sp³-hybridized carbons (Fsp3) is 0.208. The second kappa shape index (κ2) is 9.26. The highest BCUT2D eigenvalue weighted by Gasteiger charge is 2.34. The molecule has 158 valence electrons. The van der Waals surface area contributed by atoms with Crippen LogP contribution in [0.2, 0.25) is 0 Å². The number of amides is 2. The largest absolute Gasteiger partial charge is 0.493 e. The molecule has 0 aromatic heterocycles. The molecule has 2 amide bonds. The van der Waals surface area contributed by atoms with Crippen molar-refractivity contribution in [3.05, 3.63) is 76.1 Å². The molecule has 2 aromatic rings. The zero-order chi connectivity index (χ0) is 22.5. The molecule has 0 fully saturated rings. The Hall–Kier alpha value is -3.92. The highest BCUT2D eigenvalue weighted by molar-refractivity contribution is 6.19. The van der Waals surface area contributed by atoms with E-state index in [1.54, 1.807) is 50.3 Å². The van der Waals surface area contributed by atoms with Crippen LogP contribution in [-0.4, -0.2) is 30.4 Å². The number of carbonyl (C=O) groups excluding carboxylic acids is 2. The number of hydrogen-bond acceptors (Lipinski definition) is 5. The van der Waals surface area contributed by atoms with E-state index in [-0.39, 0.29) is 30.1 Å². The first-order valence-corrected chi connectivity index (χ1v) is 9.64. The van der Waals surface area contributed by atoms with Gasteiger partial charge < -0.3 is 9.47 Å². The molecule has 2 aromatic carbocycles. The average Bonchev–Trinajstić information content (AvgIpc) is 2.77. The van der Waals surface area contributed by atoms with Crippen LogP contribution >= 0.6 is 0 Å². The lowest BCUT2D eigenvalue weighted by molar-refractivity contribution is -0.140. The van der Waals surface area contributed by atoms with Crippen LogP contribution in [0.5, 0.6) is 11.5 Å². The van der Waals surface area contributed by atoms with E-state index in [1.165, 1.54) is 19.2 Å². The minimum absolute atomic E-state index is 0.0427. The number of nitrogens with zero attached hydrogens (tertiary/aromatic N) is 2. The van der Waals surface area contributed by atoms with E-state index < -0.39 is 11.8 Å². The van der Waals surface area contributed by atoms with Crippen molar-refractivity contribution in [1.29, 1.82) is 5.26 Å². The maximum Gasteiger partial charge on any atom is 0.271 e. The monoisotopic (exact) mass is 420 g/mol. The third kappa shape index (κ3) is 4.48. The summed E-state index contributed by atoms with van der Waals surface area (Å²) in [6.07, 6.45) is 1.62. The van der Waals surface area contributed by atoms with Gasteiger partial charge in [-0.2, -0.15) is 5.26 Å². The normalized spacial score (nSPS) is 15.3. The lowest BCUT2D eigenvalue weighted by atomic mass is 9.93. The summed E-state index contributed by atoms with van der Waals surface area (Å²) in [6, 6.07) is 13.0. The number of halogens is 1. The van der Waals surface area contributed by atoms with Gasteiger partial charge in [0.2, 0.25) is 0 Å². The van der Waals surface area contributed by atoms with Crippen LogP contribution < -0.4 is 9.47 Å². The van der Waals surface area contributed by atoms with Crippen molar-refractivity contribution in [3.63, 3.8) is 0 Å². The first-order chi connectivity index (χ1) is 14.9. The molecule has 1 aliphatic heterocycles. The van der Waals surface area contributed by atoms with Crippen LogP contribution in [0.1, 0.15) is 25.0 Å². The molecule has 0 atom stereocenters. The summed E-state index contributed by atoms with van der Waals surface area (Å²) < 4.78 is 24.2. The standard InChI is InChI=1S/C24H21FN2O4/c1-4-27-23(28)19(15(2)20(13-26)24(27)29)11-17-7-10-21(22(12-17)30-3)31-14-16-5-8-18(25)9-6-16/h5-12H,4,14H2,1-3H3/b19-11+. The first-order valence-electron chi connectivity index (χ1n) is 9.64. The summed E-state index contributed by atoms with van der Waals surface area (Å²) in [4.78, 5) is 26.1. The minimum atomic E-state index is -0.577. The molecule has 0 bridgehead atoms. The Balaban J connectivity index is 1.91. The summed E-state index contributed by atoms with van der Waals surface area (Å²) >= 11 is 0. The SMILES string of the molecule is CCN1C(=O)C(C#N)=C(C)/C(=C\c2ccc(OCc3ccc(F)cc3)c(OC)c2)C1=O. The summed E-state index contributed by atoms with van der Waals surface area (Å²) in [5, 5.41) is 9.35. The number of likely N-dealkylation sites (N-methyl/N-ethyl adjacent to an activating group) is 1. The number of benzene rings is 2. The molecule has 0 N–H and O–H groups in total. The second-order valence-corrected chi connectivity index (χ2v) is 6.85. The zero-order valence-corrected chi connectivity index (χ0v) is 17.4. The maximum atomic E-state index is 13.0. The Morgan fingerprint density at radius 1 is 1.10 bits per heavy atom. The molecule has 31 heavy (non-hydrogen) atoms. The Morgan fingerprint density at radius 3 is 2.42 bits per heavy atom. The molecule has 0 aliphatic carbocycles. The predicted molar refractivity (Wildman–Crippen MR) is 112 cm³/mol. The summed E-state index contributed by atoms with van der Waals surface area (Å²) in [5.74, 6) is -0.404. The summed E-state index contributed by atoms with van der Waals surface area (Å²) in [7, 11) is 1.50. The third-order valence-corrected chi connectivity index (χ3v) is 4.95. The lowest BCUT2D eigenvalue weighted by Crippen LogP contribution is -2.42. The number of methoxy groups -OCH3 is 1. The van der Waals surface area contributed by atoms with Crippen molar-refractivity contribution in [3.8, 4) is 17.6 Å². The van der Waals surface area contributed by atoms with Crippen LogP contribution in [-0.2, 0) is 16.2 Å². The van der Waals surface area contributed by atoms with Crippen LogP contribution in [0.25, 0.3) is 6.08 Å². The maximum absolute atomic E-state index is 13.0. The summed E-state index contributed by atoms with van der Waals surface area (Å²) in [6.45, 7) is 3.67. The highest BCUT2D eigenvalue weighted by atomic mass is 19.1. The van der Waals surface area contributed by atoms with Gasteiger partial charge in [-0.05, 0) is 60.9 Å². The molecular weight excluding hydrogens is 399 g/mol. The quantitative estimate of drug-likeness (QED) is 0.521. The molecule has 1 heterocycles. The second-order valence-electron chi connectivity index (χ2n) is 6.85. The van der Waals surface area contributed by atoms with Gasteiger partial charge in [-0.3, -0.25) is 14.5 Å². The Bertz CT molecular complexity index is 1130. The lowest BCUT2D eigenvalue weighted by Gasteiger charge is -2.26. The van der Waals surface area contributed by atoms with E-state index in [0.717, 1.165) is 10.5 Å². The van der Waals surface area contributed by atoms with Crippen LogP contribution in [0.15, 0.2) is 59.2 Å². The predicted octanol–water partition coefficient (Wildman–Crippen LogP) is 4.03. The number of hydrogen-bond donors (Lipinski definition) is 0. The van der Waals surface area contributed by atoms with Gasteiger partial charge in [-0.25, -0.2) is 4.39 Å². The number of nitriles is 1. The van der Waals surface area contributed by atoms with Crippen molar-refractivity contribution in [2.45, 2.75) is 20.5 Å². The van der Waals surface area contributed by atoms with E-state index in [9.17, 15) is 19.2 Å². The van der Waals surface area contributed by atoms with Crippen LogP contribution in [0, 0.1) is 17.1 Å². The number of imide groups is 1. The van der Waals surface area contributed by atoms with Gasteiger partial charge in [0, 0.05) is 12.1 Å². The molecule has 7 heteroatoms. The average molecular weight is 420 g/mol. The van der Waals surface area contributed by atoms with E-state index in [4.69, 9.17) is 9.47 Å². The van der Waals surface area contributed by atoms with Gasteiger partial charge in [0.05, 0.1) is 7.11 Å². The Kier molecular flexibility index (Phi) is 6.51. The van der Waals surface area contributed by atoms with Crippen molar-refractivity contribution in [1.82, 2.24) is 4.90 Å². The Morgan fingerprint density at radius 2 is 1.81 bits per heavy atom. The van der Waals surface area contributed by atoms with E-state index in [2.05, 4.69) is 0 Å². The van der Waals surface area contributed by atoms with Gasteiger partial charge in [0.15, 0.2) is 11.5 Å².